The second-order valence-electron chi connectivity index (χ2n) is 3.62. The number of nitrogen functional groups attached to an aromatic ring is 1. The van der Waals surface area contributed by atoms with Gasteiger partial charge in [0.2, 0.25) is 0 Å². The number of hydrogen-bond acceptors (Lipinski definition) is 5. The zero-order chi connectivity index (χ0) is 13.1. The number of halogens is 1. The standard InChI is InChI=1S/C11H10BrN3O2S/c12-10-1-2-18-11(10)6-14-8-3-7(13)4-9(5-8)15(16)17/h1-5,14H,6,13H2. The zero-order valence-electron chi connectivity index (χ0n) is 9.22. The number of rotatable bonds is 4. The first kappa shape index (κ1) is 12.8. The van der Waals surface area contributed by atoms with E-state index in [1.807, 2.05) is 11.4 Å². The van der Waals surface area contributed by atoms with Crippen molar-refractivity contribution in [2.75, 3.05) is 11.1 Å². The van der Waals surface area contributed by atoms with E-state index in [1.165, 1.54) is 12.1 Å². The Hall–Kier alpha value is -1.60. The van der Waals surface area contributed by atoms with Gasteiger partial charge in [-0.15, -0.1) is 11.3 Å². The Bertz CT molecular complexity index is 585. The highest BCUT2D eigenvalue weighted by Gasteiger charge is 2.09. The molecule has 0 spiro atoms. The van der Waals surface area contributed by atoms with Crippen LogP contribution in [0.5, 0.6) is 0 Å². The number of benzene rings is 1. The van der Waals surface area contributed by atoms with Crippen LogP contribution in [0.25, 0.3) is 0 Å². The van der Waals surface area contributed by atoms with Crippen LogP contribution in [0.1, 0.15) is 4.88 Å². The molecule has 5 nitrogen and oxygen atoms in total. The first-order valence-electron chi connectivity index (χ1n) is 5.07. The Morgan fingerprint density at radius 2 is 2.22 bits per heavy atom. The fraction of sp³-hybridized carbons (Fsp3) is 0.0909. The fourth-order valence-electron chi connectivity index (χ4n) is 1.48. The van der Waals surface area contributed by atoms with Crippen LogP contribution in [0.15, 0.2) is 34.1 Å². The molecule has 0 saturated heterocycles. The second kappa shape index (κ2) is 5.36. The molecule has 0 saturated carbocycles. The molecule has 0 unspecified atom stereocenters. The molecule has 1 aromatic carbocycles. The van der Waals surface area contributed by atoms with Crippen molar-refractivity contribution >= 4 is 44.3 Å². The highest BCUT2D eigenvalue weighted by molar-refractivity contribution is 9.10. The van der Waals surface area contributed by atoms with E-state index in [4.69, 9.17) is 5.73 Å². The van der Waals surface area contributed by atoms with Crippen molar-refractivity contribution in [3.8, 4) is 0 Å². The molecule has 1 aromatic heterocycles. The van der Waals surface area contributed by atoms with E-state index in [0.29, 0.717) is 17.9 Å². The van der Waals surface area contributed by atoms with Crippen LogP contribution in [0.3, 0.4) is 0 Å². The first-order chi connectivity index (χ1) is 8.56. The summed E-state index contributed by atoms with van der Waals surface area (Å²) in [4.78, 5) is 11.4. The largest absolute Gasteiger partial charge is 0.398 e. The molecule has 94 valence electrons. The molecular formula is C11H10BrN3O2S. The van der Waals surface area contributed by atoms with E-state index in [1.54, 1.807) is 17.4 Å². The Balaban J connectivity index is 2.14. The molecule has 0 aliphatic rings. The molecule has 2 rings (SSSR count). The number of hydrogen-bond donors (Lipinski definition) is 2. The molecule has 0 fully saturated rings. The maximum absolute atomic E-state index is 10.7. The molecule has 1 heterocycles. The average Bonchev–Trinajstić information content (AvgIpc) is 2.71. The Morgan fingerprint density at radius 3 is 2.83 bits per heavy atom. The highest BCUT2D eigenvalue weighted by atomic mass is 79.9. The van der Waals surface area contributed by atoms with E-state index >= 15 is 0 Å². The molecule has 3 N–H and O–H groups in total. The average molecular weight is 328 g/mol. The Morgan fingerprint density at radius 1 is 1.44 bits per heavy atom. The smallest absolute Gasteiger partial charge is 0.273 e. The lowest BCUT2D eigenvalue weighted by Gasteiger charge is -2.06. The summed E-state index contributed by atoms with van der Waals surface area (Å²) < 4.78 is 1.03. The van der Waals surface area contributed by atoms with Crippen molar-refractivity contribution in [2.45, 2.75) is 6.54 Å². The molecule has 0 aliphatic heterocycles. The highest BCUT2D eigenvalue weighted by Crippen LogP contribution is 2.26. The van der Waals surface area contributed by atoms with Gasteiger partial charge in [0.05, 0.1) is 11.5 Å². The monoisotopic (exact) mass is 327 g/mol. The van der Waals surface area contributed by atoms with E-state index in [0.717, 1.165) is 9.35 Å². The van der Waals surface area contributed by atoms with Gasteiger partial charge in [-0.25, -0.2) is 0 Å². The van der Waals surface area contributed by atoms with E-state index in [-0.39, 0.29) is 5.69 Å². The number of thiophene rings is 1. The number of nitro benzene ring substituents is 1. The quantitative estimate of drug-likeness (QED) is 0.510. The van der Waals surface area contributed by atoms with Crippen molar-refractivity contribution < 1.29 is 4.92 Å². The summed E-state index contributed by atoms with van der Waals surface area (Å²) in [5, 5.41) is 15.8. The molecule has 0 amide bonds. The SMILES string of the molecule is Nc1cc(NCc2sccc2Br)cc([N+](=O)[O-])c1. The van der Waals surface area contributed by atoms with E-state index in [9.17, 15) is 10.1 Å². The van der Waals surface area contributed by atoms with Gasteiger partial charge < -0.3 is 11.1 Å². The number of nitrogens with two attached hydrogens (primary N) is 1. The van der Waals surface area contributed by atoms with Gasteiger partial charge in [0.15, 0.2) is 0 Å². The Labute approximate surface area is 116 Å². The minimum Gasteiger partial charge on any atom is -0.398 e. The van der Waals surface area contributed by atoms with Crippen molar-refractivity contribution in [1.29, 1.82) is 0 Å². The van der Waals surface area contributed by atoms with Gasteiger partial charge in [0, 0.05) is 32.9 Å². The minimum atomic E-state index is -0.456. The lowest BCUT2D eigenvalue weighted by molar-refractivity contribution is -0.384. The van der Waals surface area contributed by atoms with Crippen molar-refractivity contribution in [3.05, 3.63) is 49.1 Å². The first-order valence-corrected chi connectivity index (χ1v) is 6.74. The number of anilines is 2. The van der Waals surface area contributed by atoms with Crippen molar-refractivity contribution in [2.24, 2.45) is 0 Å². The summed E-state index contributed by atoms with van der Waals surface area (Å²) in [5.74, 6) is 0. The fourth-order valence-corrected chi connectivity index (χ4v) is 2.91. The number of nitrogens with zero attached hydrogens (tertiary/aromatic N) is 1. The van der Waals surface area contributed by atoms with Crippen LogP contribution in [-0.2, 0) is 6.54 Å². The third-order valence-corrected chi connectivity index (χ3v) is 4.22. The van der Waals surface area contributed by atoms with Gasteiger partial charge in [0.25, 0.3) is 5.69 Å². The number of nitro groups is 1. The molecule has 18 heavy (non-hydrogen) atoms. The van der Waals surface area contributed by atoms with Gasteiger partial charge in [-0.05, 0) is 33.4 Å². The van der Waals surface area contributed by atoms with E-state index < -0.39 is 4.92 Å². The van der Waals surface area contributed by atoms with Crippen LogP contribution in [-0.4, -0.2) is 4.92 Å². The maximum Gasteiger partial charge on any atom is 0.273 e. The lowest BCUT2D eigenvalue weighted by Crippen LogP contribution is -2.00. The lowest BCUT2D eigenvalue weighted by atomic mass is 10.2. The van der Waals surface area contributed by atoms with Gasteiger partial charge in [-0.2, -0.15) is 0 Å². The van der Waals surface area contributed by atoms with Crippen LogP contribution < -0.4 is 11.1 Å². The second-order valence-corrected chi connectivity index (χ2v) is 5.47. The third-order valence-electron chi connectivity index (χ3n) is 2.30. The summed E-state index contributed by atoms with van der Waals surface area (Å²) in [7, 11) is 0. The van der Waals surface area contributed by atoms with Gasteiger partial charge >= 0.3 is 0 Å². The van der Waals surface area contributed by atoms with Crippen LogP contribution in [0.2, 0.25) is 0 Å². The summed E-state index contributed by atoms with van der Waals surface area (Å²) in [6, 6.07) is 6.45. The van der Waals surface area contributed by atoms with Crippen LogP contribution in [0, 0.1) is 10.1 Å². The normalized spacial score (nSPS) is 10.3. The van der Waals surface area contributed by atoms with Crippen LogP contribution in [0.4, 0.5) is 17.1 Å². The molecule has 7 heteroatoms. The van der Waals surface area contributed by atoms with Gasteiger partial charge in [0.1, 0.15) is 0 Å². The maximum atomic E-state index is 10.7. The predicted molar refractivity (Wildman–Crippen MR) is 76.9 cm³/mol. The van der Waals surface area contributed by atoms with Crippen molar-refractivity contribution in [3.63, 3.8) is 0 Å². The molecule has 0 aliphatic carbocycles. The summed E-state index contributed by atoms with van der Waals surface area (Å²) >= 11 is 5.04. The number of non-ortho nitro benzene ring substituents is 1. The van der Waals surface area contributed by atoms with Crippen molar-refractivity contribution in [1.82, 2.24) is 0 Å². The van der Waals surface area contributed by atoms with Gasteiger partial charge in [-0.1, -0.05) is 0 Å². The van der Waals surface area contributed by atoms with E-state index in [2.05, 4.69) is 21.2 Å². The summed E-state index contributed by atoms with van der Waals surface area (Å²) in [6.07, 6.45) is 0. The third kappa shape index (κ3) is 2.99. The zero-order valence-corrected chi connectivity index (χ0v) is 11.6. The topological polar surface area (TPSA) is 81.2 Å². The Kier molecular flexibility index (Phi) is 3.83. The molecule has 0 bridgehead atoms. The molecule has 0 atom stereocenters. The molecule has 2 aromatic rings. The molecular weight excluding hydrogens is 318 g/mol. The van der Waals surface area contributed by atoms with Gasteiger partial charge in [-0.3, -0.25) is 10.1 Å². The van der Waals surface area contributed by atoms with Crippen LogP contribution >= 0.6 is 27.3 Å². The summed E-state index contributed by atoms with van der Waals surface area (Å²) in [6.45, 7) is 0.596. The summed E-state index contributed by atoms with van der Waals surface area (Å²) in [5.41, 5.74) is 6.63. The molecule has 0 radical (unpaired) electrons. The minimum absolute atomic E-state index is 0.0113. The number of nitrogens with one attached hydrogen (secondary N) is 1. The predicted octanol–water partition coefficient (Wildman–Crippen LogP) is 3.61.